The Morgan fingerprint density at radius 3 is 2.85 bits per heavy atom. The van der Waals surface area contributed by atoms with E-state index in [4.69, 9.17) is 11.6 Å². The zero-order valence-corrected chi connectivity index (χ0v) is 16.5. The number of carbonyl (C=O) groups excluding carboxylic acids is 1. The highest BCUT2D eigenvalue weighted by Crippen LogP contribution is 2.26. The van der Waals surface area contributed by atoms with E-state index in [1.165, 1.54) is 24.1 Å². The topological polar surface area (TPSA) is 32.3 Å². The van der Waals surface area contributed by atoms with Crippen molar-refractivity contribution in [3.05, 3.63) is 64.7 Å². The number of amides is 1. The molecule has 1 aliphatic rings. The first-order chi connectivity index (χ1) is 12.7. The van der Waals surface area contributed by atoms with Crippen LogP contribution < -0.4 is 10.2 Å². The van der Waals surface area contributed by atoms with Crippen LogP contribution in [0, 0.1) is 0 Å². The summed E-state index contributed by atoms with van der Waals surface area (Å²) >= 11 is 7.73. The Kier molecular flexibility index (Phi) is 7.27. The van der Waals surface area contributed by atoms with E-state index >= 15 is 0 Å². The average molecular weight is 389 g/mol. The Labute approximate surface area is 165 Å². The first-order valence-corrected chi connectivity index (χ1v) is 10.7. The summed E-state index contributed by atoms with van der Waals surface area (Å²) in [6.45, 7) is 2.83. The Balaban J connectivity index is 1.33. The van der Waals surface area contributed by atoms with Gasteiger partial charge in [-0.05, 0) is 42.5 Å². The van der Waals surface area contributed by atoms with Crippen molar-refractivity contribution in [3.63, 3.8) is 0 Å². The Morgan fingerprint density at radius 1 is 1.15 bits per heavy atom. The van der Waals surface area contributed by atoms with Gasteiger partial charge in [-0.15, -0.1) is 11.8 Å². The number of para-hydroxylation sites is 1. The monoisotopic (exact) mass is 388 g/mol. The van der Waals surface area contributed by atoms with E-state index in [1.54, 1.807) is 11.8 Å². The standard InChI is InChI=1S/C21H25ClN2OS/c22-19-10-3-1-8-18(19)15-26-16-21(25)23-12-6-14-24-13-5-9-17-7-2-4-11-20(17)24/h1-4,7-8,10-11H,5-6,9,12-16H2,(H,23,25). The number of nitrogens with one attached hydrogen (secondary N) is 1. The third-order valence-corrected chi connectivity index (χ3v) is 5.93. The van der Waals surface area contributed by atoms with Crippen LogP contribution in [0.2, 0.25) is 5.02 Å². The van der Waals surface area contributed by atoms with Crippen LogP contribution in [-0.4, -0.2) is 31.3 Å². The molecule has 0 aromatic heterocycles. The van der Waals surface area contributed by atoms with Gasteiger partial charge in [0.1, 0.15) is 0 Å². The van der Waals surface area contributed by atoms with Gasteiger partial charge in [0.2, 0.25) is 5.91 Å². The maximum atomic E-state index is 12.0. The summed E-state index contributed by atoms with van der Waals surface area (Å²) in [6.07, 6.45) is 3.35. The van der Waals surface area contributed by atoms with Gasteiger partial charge in [0.05, 0.1) is 5.75 Å². The lowest BCUT2D eigenvalue weighted by Crippen LogP contribution is -2.33. The highest BCUT2D eigenvalue weighted by molar-refractivity contribution is 7.99. The molecule has 2 aromatic rings. The van der Waals surface area contributed by atoms with Crippen molar-refractivity contribution in [2.45, 2.75) is 25.0 Å². The number of rotatable bonds is 8. The largest absolute Gasteiger partial charge is 0.371 e. The second kappa shape index (κ2) is 9.89. The van der Waals surface area contributed by atoms with Crippen molar-refractivity contribution in [2.75, 3.05) is 30.3 Å². The smallest absolute Gasteiger partial charge is 0.230 e. The normalized spacial score (nSPS) is 13.3. The molecule has 26 heavy (non-hydrogen) atoms. The van der Waals surface area contributed by atoms with Crippen LogP contribution in [0.4, 0.5) is 5.69 Å². The fourth-order valence-electron chi connectivity index (χ4n) is 3.26. The Morgan fingerprint density at radius 2 is 1.96 bits per heavy atom. The quantitative estimate of drug-likeness (QED) is 0.674. The van der Waals surface area contributed by atoms with Gasteiger partial charge in [-0.2, -0.15) is 0 Å². The van der Waals surface area contributed by atoms with E-state index in [1.807, 2.05) is 24.3 Å². The molecule has 0 saturated heterocycles. The number of hydrogen-bond donors (Lipinski definition) is 1. The summed E-state index contributed by atoms with van der Waals surface area (Å²) in [5, 5.41) is 3.79. The summed E-state index contributed by atoms with van der Waals surface area (Å²) in [5.41, 5.74) is 3.88. The zero-order chi connectivity index (χ0) is 18.2. The van der Waals surface area contributed by atoms with E-state index in [9.17, 15) is 4.79 Å². The maximum absolute atomic E-state index is 12.0. The summed E-state index contributed by atoms with van der Waals surface area (Å²) < 4.78 is 0. The van der Waals surface area contributed by atoms with E-state index in [0.29, 0.717) is 5.75 Å². The van der Waals surface area contributed by atoms with E-state index in [0.717, 1.165) is 42.4 Å². The van der Waals surface area contributed by atoms with E-state index < -0.39 is 0 Å². The van der Waals surface area contributed by atoms with E-state index in [2.05, 4.69) is 34.5 Å². The molecule has 0 atom stereocenters. The molecule has 3 rings (SSSR count). The molecule has 1 aliphatic heterocycles. The molecule has 0 bridgehead atoms. The van der Waals surface area contributed by atoms with Crippen molar-refractivity contribution >= 4 is 35.0 Å². The number of carbonyl (C=O) groups is 1. The number of hydrogen-bond acceptors (Lipinski definition) is 3. The molecule has 1 heterocycles. The number of benzene rings is 2. The molecule has 5 heteroatoms. The molecule has 0 saturated carbocycles. The van der Waals surface area contributed by atoms with Gasteiger partial charge in [0.25, 0.3) is 0 Å². The van der Waals surface area contributed by atoms with Crippen molar-refractivity contribution in [3.8, 4) is 0 Å². The summed E-state index contributed by atoms with van der Waals surface area (Å²) in [6, 6.07) is 16.4. The fourth-order valence-corrected chi connectivity index (χ4v) is 4.40. The van der Waals surface area contributed by atoms with Gasteiger partial charge in [0.15, 0.2) is 0 Å². The Bertz CT molecular complexity index is 737. The third kappa shape index (κ3) is 5.42. The number of halogens is 1. The van der Waals surface area contributed by atoms with Gasteiger partial charge in [0, 0.05) is 36.1 Å². The minimum atomic E-state index is 0.0982. The molecule has 0 unspecified atom stereocenters. The number of fused-ring (bicyclic) bond motifs is 1. The van der Waals surface area contributed by atoms with Crippen LogP contribution in [0.3, 0.4) is 0 Å². The van der Waals surface area contributed by atoms with Crippen LogP contribution >= 0.6 is 23.4 Å². The van der Waals surface area contributed by atoms with Gasteiger partial charge in [-0.25, -0.2) is 0 Å². The van der Waals surface area contributed by atoms with Gasteiger partial charge in [-0.3, -0.25) is 4.79 Å². The second-order valence-corrected chi connectivity index (χ2v) is 7.90. The van der Waals surface area contributed by atoms with Crippen molar-refractivity contribution in [1.29, 1.82) is 0 Å². The third-order valence-electron chi connectivity index (χ3n) is 4.58. The predicted molar refractivity (Wildman–Crippen MR) is 112 cm³/mol. The molecular formula is C21H25ClN2OS. The molecular weight excluding hydrogens is 364 g/mol. The van der Waals surface area contributed by atoms with Gasteiger partial charge < -0.3 is 10.2 Å². The SMILES string of the molecule is O=C(CSCc1ccccc1Cl)NCCCN1CCCc2ccccc21. The number of nitrogens with zero attached hydrogens (tertiary/aromatic N) is 1. The van der Waals surface area contributed by atoms with Gasteiger partial charge >= 0.3 is 0 Å². The number of aryl methyl sites for hydroxylation is 1. The van der Waals surface area contributed by atoms with Gasteiger partial charge in [-0.1, -0.05) is 48.0 Å². The molecule has 2 aromatic carbocycles. The lowest BCUT2D eigenvalue weighted by molar-refractivity contribution is -0.118. The van der Waals surface area contributed by atoms with E-state index in [-0.39, 0.29) is 5.91 Å². The van der Waals surface area contributed by atoms with Crippen LogP contribution in [-0.2, 0) is 17.0 Å². The van der Waals surface area contributed by atoms with Crippen LogP contribution in [0.15, 0.2) is 48.5 Å². The van der Waals surface area contributed by atoms with Crippen molar-refractivity contribution < 1.29 is 4.79 Å². The highest BCUT2D eigenvalue weighted by Gasteiger charge is 2.15. The fraction of sp³-hybridized carbons (Fsp3) is 0.381. The highest BCUT2D eigenvalue weighted by atomic mass is 35.5. The minimum Gasteiger partial charge on any atom is -0.371 e. The molecule has 0 radical (unpaired) electrons. The number of thioether (sulfide) groups is 1. The zero-order valence-electron chi connectivity index (χ0n) is 14.9. The molecule has 1 N–H and O–H groups in total. The predicted octanol–water partition coefficient (Wildman–Crippen LogP) is 4.53. The molecule has 138 valence electrons. The average Bonchev–Trinajstić information content (AvgIpc) is 2.67. The van der Waals surface area contributed by atoms with Crippen molar-refractivity contribution in [1.82, 2.24) is 5.32 Å². The molecule has 1 amide bonds. The molecule has 0 aliphatic carbocycles. The number of anilines is 1. The summed E-state index contributed by atoms with van der Waals surface area (Å²) in [4.78, 5) is 14.4. The van der Waals surface area contributed by atoms with Crippen LogP contribution in [0.25, 0.3) is 0 Å². The lowest BCUT2D eigenvalue weighted by atomic mass is 10.0. The first-order valence-electron chi connectivity index (χ1n) is 9.15. The van der Waals surface area contributed by atoms with Crippen LogP contribution in [0.5, 0.6) is 0 Å². The lowest BCUT2D eigenvalue weighted by Gasteiger charge is -2.31. The Hall–Kier alpha value is -1.65. The summed E-state index contributed by atoms with van der Waals surface area (Å²) in [5.74, 6) is 1.33. The first kappa shape index (κ1) is 19.1. The van der Waals surface area contributed by atoms with Crippen LogP contribution in [0.1, 0.15) is 24.0 Å². The van der Waals surface area contributed by atoms with Crippen molar-refractivity contribution in [2.24, 2.45) is 0 Å². The summed E-state index contributed by atoms with van der Waals surface area (Å²) in [7, 11) is 0. The second-order valence-electron chi connectivity index (χ2n) is 6.51. The molecule has 3 nitrogen and oxygen atoms in total. The molecule has 0 spiro atoms. The maximum Gasteiger partial charge on any atom is 0.230 e. The molecule has 0 fully saturated rings. The minimum absolute atomic E-state index is 0.0982.